The van der Waals surface area contributed by atoms with Gasteiger partial charge in [-0.15, -0.1) is 0 Å². The number of carbonyl (C=O) groups excluding carboxylic acids is 1. The molecule has 26 heavy (non-hydrogen) atoms. The van der Waals surface area contributed by atoms with E-state index in [1.165, 1.54) is 18.2 Å². The number of furan rings is 1. The Morgan fingerprint density at radius 2 is 1.96 bits per heavy atom. The highest BCUT2D eigenvalue weighted by atomic mass is 35.5. The highest BCUT2D eigenvalue weighted by molar-refractivity contribution is 6.35. The molecule has 0 aliphatic rings. The smallest absolute Gasteiger partial charge is 0.255 e. The molecule has 3 aromatic heterocycles. The molecule has 6 nitrogen and oxygen atoms in total. The summed E-state index contributed by atoms with van der Waals surface area (Å²) in [7, 11) is 4.89. The number of carbonyl (C=O) groups is 1. The molecule has 7 heteroatoms. The van der Waals surface area contributed by atoms with Crippen LogP contribution in [0.25, 0.3) is 22.6 Å². The lowest BCUT2D eigenvalue weighted by atomic mass is 10.1. The van der Waals surface area contributed by atoms with Gasteiger partial charge in [0.2, 0.25) is 0 Å². The molecule has 1 amide bonds. The summed E-state index contributed by atoms with van der Waals surface area (Å²) in [5.74, 6) is 1.00. The number of nitrogens with zero attached hydrogens (tertiary/aromatic N) is 3. The molecule has 3 rings (SSSR count). The Labute approximate surface area is 156 Å². The van der Waals surface area contributed by atoms with Crippen molar-refractivity contribution in [2.75, 3.05) is 21.2 Å². The third kappa shape index (κ3) is 3.12. The van der Waals surface area contributed by atoms with Crippen molar-refractivity contribution < 1.29 is 13.9 Å². The van der Waals surface area contributed by atoms with E-state index in [-0.39, 0.29) is 11.8 Å². The maximum atomic E-state index is 12.1. The van der Waals surface area contributed by atoms with Gasteiger partial charge < -0.3 is 14.1 Å². The van der Waals surface area contributed by atoms with Gasteiger partial charge in [-0.05, 0) is 17.5 Å². The fraction of sp³-hybridized carbons (Fsp3) is 0.316. The van der Waals surface area contributed by atoms with Crippen molar-refractivity contribution in [3.8, 4) is 17.2 Å². The normalized spacial score (nSPS) is 11.2. The first kappa shape index (κ1) is 18.2. The Morgan fingerprint density at radius 3 is 2.58 bits per heavy atom. The monoisotopic (exact) mass is 373 g/mol. The molecule has 0 atom stereocenters. The van der Waals surface area contributed by atoms with Crippen LogP contribution < -0.4 is 4.74 Å². The van der Waals surface area contributed by atoms with Gasteiger partial charge in [-0.1, -0.05) is 25.4 Å². The molecule has 0 aliphatic carbocycles. The van der Waals surface area contributed by atoms with E-state index in [0.717, 1.165) is 5.56 Å². The highest BCUT2D eigenvalue weighted by Crippen LogP contribution is 2.37. The summed E-state index contributed by atoms with van der Waals surface area (Å²) in [6, 6.07) is 3.41. The summed E-state index contributed by atoms with van der Waals surface area (Å²) in [4.78, 5) is 22.4. The minimum Gasteiger partial charge on any atom is -0.494 e. The summed E-state index contributed by atoms with van der Waals surface area (Å²) in [5.41, 5.74) is 3.01. The number of halogens is 1. The second kappa shape index (κ2) is 6.96. The van der Waals surface area contributed by atoms with Crippen LogP contribution in [0.4, 0.5) is 0 Å². The average Bonchev–Trinajstić information content (AvgIpc) is 3.05. The van der Waals surface area contributed by atoms with Gasteiger partial charge in [-0.2, -0.15) is 0 Å². The molecule has 0 aliphatic heterocycles. The number of methoxy groups -OCH3 is 1. The van der Waals surface area contributed by atoms with Crippen molar-refractivity contribution in [3.05, 3.63) is 40.7 Å². The molecule has 136 valence electrons. The Hall–Kier alpha value is -2.60. The van der Waals surface area contributed by atoms with E-state index in [4.69, 9.17) is 20.8 Å². The summed E-state index contributed by atoms with van der Waals surface area (Å²) in [6.45, 7) is 4.09. The number of amides is 1. The van der Waals surface area contributed by atoms with E-state index in [1.54, 1.807) is 32.4 Å². The van der Waals surface area contributed by atoms with Crippen LogP contribution in [0.2, 0.25) is 5.02 Å². The Kier molecular flexibility index (Phi) is 4.87. The van der Waals surface area contributed by atoms with Crippen molar-refractivity contribution >= 4 is 28.6 Å². The van der Waals surface area contributed by atoms with Crippen LogP contribution in [0.15, 0.2) is 28.9 Å². The summed E-state index contributed by atoms with van der Waals surface area (Å²) >= 11 is 6.48. The van der Waals surface area contributed by atoms with E-state index < -0.39 is 0 Å². The molecule has 0 spiro atoms. The maximum absolute atomic E-state index is 12.1. The van der Waals surface area contributed by atoms with Crippen molar-refractivity contribution in [1.29, 1.82) is 0 Å². The Bertz CT molecular complexity index is 980. The summed E-state index contributed by atoms with van der Waals surface area (Å²) in [6.07, 6.45) is 3.26. The minimum absolute atomic E-state index is 0.154. The van der Waals surface area contributed by atoms with Gasteiger partial charge in [0.05, 0.1) is 17.7 Å². The minimum atomic E-state index is -0.154. The molecule has 0 saturated heterocycles. The summed E-state index contributed by atoms with van der Waals surface area (Å²) in [5, 5.41) is 0.551. The first-order valence-corrected chi connectivity index (χ1v) is 8.55. The van der Waals surface area contributed by atoms with Crippen molar-refractivity contribution in [2.45, 2.75) is 19.8 Å². The van der Waals surface area contributed by atoms with Crippen LogP contribution in [-0.2, 0) is 0 Å². The average molecular weight is 374 g/mol. The van der Waals surface area contributed by atoms with Crippen LogP contribution in [-0.4, -0.2) is 42.0 Å². The molecule has 0 radical (unpaired) electrons. The zero-order valence-electron chi connectivity index (χ0n) is 15.3. The quantitative estimate of drug-likeness (QED) is 0.679. The van der Waals surface area contributed by atoms with E-state index in [2.05, 4.69) is 9.97 Å². The van der Waals surface area contributed by atoms with Gasteiger partial charge in [0.25, 0.3) is 5.91 Å². The van der Waals surface area contributed by atoms with Crippen LogP contribution in [0.5, 0.6) is 5.75 Å². The fourth-order valence-corrected chi connectivity index (χ4v) is 3.04. The van der Waals surface area contributed by atoms with Gasteiger partial charge in [-0.25, -0.2) is 4.98 Å². The SMILES string of the molecule is COc1cc(C(=O)N(C)C)cnc1-c1cc2ncc(C(C)C)c(Cl)c2o1. The molecular formula is C19H20ClN3O3. The van der Waals surface area contributed by atoms with Crippen LogP contribution >= 0.6 is 11.6 Å². The molecule has 0 saturated carbocycles. The summed E-state index contributed by atoms with van der Waals surface area (Å²) < 4.78 is 11.3. The number of ether oxygens (including phenoxy) is 1. The number of fused-ring (bicyclic) bond motifs is 1. The molecular weight excluding hydrogens is 354 g/mol. The molecule has 3 heterocycles. The highest BCUT2D eigenvalue weighted by Gasteiger charge is 2.20. The standard InChI is InChI=1S/C19H20ClN3O3/c1-10(2)12-9-21-13-7-15(26-18(13)16(12)20)17-14(25-5)6-11(8-22-17)19(24)23(3)4/h6-10H,1-5H3. The molecule has 0 unspecified atom stereocenters. The molecule has 0 bridgehead atoms. The first-order valence-electron chi connectivity index (χ1n) is 8.17. The maximum Gasteiger partial charge on any atom is 0.255 e. The predicted octanol–water partition coefficient (Wildman–Crippen LogP) is 4.38. The second-order valence-electron chi connectivity index (χ2n) is 6.48. The van der Waals surface area contributed by atoms with Crippen LogP contribution in [0.3, 0.4) is 0 Å². The van der Waals surface area contributed by atoms with Crippen LogP contribution in [0.1, 0.15) is 35.7 Å². The Balaban J connectivity index is 2.11. The van der Waals surface area contributed by atoms with E-state index in [0.29, 0.717) is 38.9 Å². The van der Waals surface area contributed by atoms with Crippen molar-refractivity contribution in [2.24, 2.45) is 0 Å². The van der Waals surface area contributed by atoms with Gasteiger partial charge >= 0.3 is 0 Å². The topological polar surface area (TPSA) is 68.5 Å². The second-order valence-corrected chi connectivity index (χ2v) is 6.86. The zero-order valence-corrected chi connectivity index (χ0v) is 16.1. The van der Waals surface area contributed by atoms with E-state index in [9.17, 15) is 4.79 Å². The lowest BCUT2D eigenvalue weighted by molar-refractivity contribution is 0.0827. The van der Waals surface area contributed by atoms with Gasteiger partial charge in [-0.3, -0.25) is 9.78 Å². The molecule has 0 fully saturated rings. The molecule has 0 aromatic carbocycles. The molecule has 3 aromatic rings. The van der Waals surface area contributed by atoms with Crippen molar-refractivity contribution in [3.63, 3.8) is 0 Å². The van der Waals surface area contributed by atoms with Gasteiger partial charge in [0, 0.05) is 32.6 Å². The van der Waals surface area contributed by atoms with Gasteiger partial charge in [0.15, 0.2) is 11.3 Å². The largest absolute Gasteiger partial charge is 0.494 e. The Morgan fingerprint density at radius 1 is 1.23 bits per heavy atom. The predicted molar refractivity (Wildman–Crippen MR) is 101 cm³/mol. The number of rotatable bonds is 4. The third-order valence-corrected chi connectivity index (χ3v) is 4.48. The number of pyridine rings is 2. The zero-order chi connectivity index (χ0) is 19.0. The van der Waals surface area contributed by atoms with Gasteiger partial charge in [0.1, 0.15) is 17.0 Å². The molecule has 0 N–H and O–H groups in total. The fourth-order valence-electron chi connectivity index (χ4n) is 2.64. The van der Waals surface area contributed by atoms with E-state index in [1.807, 2.05) is 13.8 Å². The third-order valence-electron chi connectivity index (χ3n) is 4.09. The first-order chi connectivity index (χ1) is 12.3. The number of hydrogen-bond donors (Lipinski definition) is 0. The van der Waals surface area contributed by atoms with Crippen molar-refractivity contribution in [1.82, 2.24) is 14.9 Å². The lowest BCUT2D eigenvalue weighted by Crippen LogP contribution is -2.21. The van der Waals surface area contributed by atoms with E-state index >= 15 is 0 Å². The number of aromatic nitrogens is 2. The number of hydrogen-bond acceptors (Lipinski definition) is 5. The lowest BCUT2D eigenvalue weighted by Gasteiger charge is -2.12. The van der Waals surface area contributed by atoms with Crippen LogP contribution in [0, 0.1) is 0 Å².